The molecule has 1 atom stereocenters. The van der Waals surface area contributed by atoms with E-state index in [9.17, 15) is 5.11 Å². The Hall–Kier alpha value is -2.94. The van der Waals surface area contributed by atoms with Crippen LogP contribution in [0.3, 0.4) is 0 Å². The first-order valence-corrected chi connectivity index (χ1v) is 12.0. The van der Waals surface area contributed by atoms with E-state index in [4.69, 9.17) is 4.42 Å². The molecule has 6 rings (SSSR count). The summed E-state index contributed by atoms with van der Waals surface area (Å²) in [5, 5.41) is 15.7. The van der Waals surface area contributed by atoms with Gasteiger partial charge in [0.2, 0.25) is 16.7 Å². The summed E-state index contributed by atoms with van der Waals surface area (Å²) in [7, 11) is 0. The fraction of sp³-hybridized carbons (Fsp3) is 0.167. The second-order valence-electron chi connectivity index (χ2n) is 7.84. The second-order valence-corrected chi connectivity index (χ2v) is 9.77. The van der Waals surface area contributed by atoms with Crippen LogP contribution in [0.25, 0.3) is 16.5 Å². The van der Waals surface area contributed by atoms with Gasteiger partial charge < -0.3 is 9.52 Å². The number of aromatic hydroxyl groups is 1. The largest absolute Gasteiger partial charge is 0.492 e. The number of nitrogens with zero attached hydrogens (tertiary/aromatic N) is 4. The fourth-order valence-corrected chi connectivity index (χ4v) is 5.92. The molecule has 32 heavy (non-hydrogen) atoms. The van der Waals surface area contributed by atoms with Gasteiger partial charge in [-0.1, -0.05) is 63.7 Å². The fourth-order valence-electron chi connectivity index (χ4n) is 4.38. The van der Waals surface area contributed by atoms with Crippen LogP contribution in [0, 0.1) is 0 Å². The van der Waals surface area contributed by atoms with Crippen LogP contribution in [0.2, 0.25) is 0 Å². The molecule has 6 nitrogen and oxygen atoms in total. The number of fused-ring (bicyclic) bond motifs is 2. The van der Waals surface area contributed by atoms with E-state index in [1.54, 1.807) is 12.3 Å². The number of thiazole rings is 1. The lowest BCUT2D eigenvalue weighted by atomic mass is 9.96. The molecule has 0 saturated carbocycles. The summed E-state index contributed by atoms with van der Waals surface area (Å²) in [6.07, 6.45) is 2.57. The van der Waals surface area contributed by atoms with Gasteiger partial charge in [-0.2, -0.15) is 9.50 Å². The van der Waals surface area contributed by atoms with E-state index in [1.807, 2.05) is 18.2 Å². The lowest BCUT2D eigenvalue weighted by Crippen LogP contribution is -2.34. The van der Waals surface area contributed by atoms with E-state index < -0.39 is 0 Å². The molecule has 2 aromatic carbocycles. The average molecular weight is 507 g/mol. The van der Waals surface area contributed by atoms with Crippen LogP contribution in [-0.2, 0) is 13.0 Å². The van der Waals surface area contributed by atoms with Crippen molar-refractivity contribution in [3.8, 4) is 17.5 Å². The first kappa shape index (κ1) is 19.7. The number of furan rings is 1. The molecule has 0 unspecified atom stereocenters. The summed E-state index contributed by atoms with van der Waals surface area (Å²) in [4.78, 5) is 8.50. The Morgan fingerprint density at radius 2 is 1.94 bits per heavy atom. The minimum absolute atomic E-state index is 0.110. The van der Waals surface area contributed by atoms with Gasteiger partial charge in [0.15, 0.2) is 5.76 Å². The third kappa shape index (κ3) is 3.35. The van der Waals surface area contributed by atoms with Gasteiger partial charge in [0, 0.05) is 17.6 Å². The highest BCUT2D eigenvalue weighted by atomic mass is 79.9. The highest BCUT2D eigenvalue weighted by Crippen LogP contribution is 2.42. The Morgan fingerprint density at radius 3 is 2.72 bits per heavy atom. The van der Waals surface area contributed by atoms with Gasteiger partial charge in [0.1, 0.15) is 0 Å². The summed E-state index contributed by atoms with van der Waals surface area (Å²) in [6.45, 7) is 1.72. The van der Waals surface area contributed by atoms with Crippen molar-refractivity contribution in [2.24, 2.45) is 0 Å². The van der Waals surface area contributed by atoms with Gasteiger partial charge >= 0.3 is 0 Å². The summed E-state index contributed by atoms with van der Waals surface area (Å²) >= 11 is 5.08. The first-order chi connectivity index (χ1) is 15.7. The smallest absolute Gasteiger partial charge is 0.230 e. The zero-order chi connectivity index (χ0) is 21.7. The summed E-state index contributed by atoms with van der Waals surface area (Å²) in [6, 6.07) is 20.4. The minimum atomic E-state index is -0.110. The van der Waals surface area contributed by atoms with Gasteiger partial charge in [0.05, 0.1) is 17.2 Å². The van der Waals surface area contributed by atoms with Crippen LogP contribution in [0.5, 0.6) is 5.88 Å². The molecule has 1 aliphatic heterocycles. The second kappa shape index (κ2) is 7.88. The minimum Gasteiger partial charge on any atom is -0.492 e. The van der Waals surface area contributed by atoms with E-state index in [0.29, 0.717) is 16.5 Å². The molecule has 0 bridgehead atoms. The third-order valence-electron chi connectivity index (χ3n) is 5.88. The Balaban J connectivity index is 1.45. The van der Waals surface area contributed by atoms with Crippen LogP contribution < -0.4 is 0 Å². The molecule has 0 spiro atoms. The summed E-state index contributed by atoms with van der Waals surface area (Å²) < 4.78 is 7.94. The van der Waals surface area contributed by atoms with Crippen LogP contribution in [0.1, 0.15) is 27.6 Å². The standard InChI is InChI=1S/C24H19BrN4O2S/c25-18-8-3-7-16(13-18)20(28-11-10-15-5-1-2-6-17(15)14-28)21-23(30)29-24(32-21)26-22(27-29)19-9-4-12-31-19/h1-9,12-13,20,30H,10-11,14H2/t20-/m1/s1. The normalized spacial score (nSPS) is 15.2. The van der Waals surface area contributed by atoms with Crippen LogP contribution in [0.4, 0.5) is 0 Å². The van der Waals surface area contributed by atoms with E-state index >= 15 is 0 Å². The number of aromatic nitrogens is 3. The van der Waals surface area contributed by atoms with Crippen molar-refractivity contribution in [2.45, 2.75) is 19.0 Å². The molecule has 0 amide bonds. The maximum atomic E-state index is 11.2. The van der Waals surface area contributed by atoms with Gasteiger partial charge in [-0.15, -0.1) is 5.10 Å². The molecule has 4 heterocycles. The van der Waals surface area contributed by atoms with E-state index in [0.717, 1.165) is 34.4 Å². The van der Waals surface area contributed by atoms with E-state index in [-0.39, 0.29) is 11.9 Å². The van der Waals surface area contributed by atoms with Crippen molar-refractivity contribution in [3.63, 3.8) is 0 Å². The molecule has 0 saturated heterocycles. The predicted molar refractivity (Wildman–Crippen MR) is 127 cm³/mol. The lowest BCUT2D eigenvalue weighted by Gasteiger charge is -2.35. The zero-order valence-corrected chi connectivity index (χ0v) is 19.4. The monoisotopic (exact) mass is 506 g/mol. The molecule has 160 valence electrons. The Labute approximate surface area is 196 Å². The predicted octanol–water partition coefficient (Wildman–Crippen LogP) is 5.67. The number of benzene rings is 2. The molecule has 1 aliphatic rings. The maximum Gasteiger partial charge on any atom is 0.230 e. The number of hydrogen-bond donors (Lipinski definition) is 1. The lowest BCUT2D eigenvalue weighted by molar-refractivity contribution is 0.205. The van der Waals surface area contributed by atoms with Crippen molar-refractivity contribution in [2.75, 3.05) is 6.54 Å². The van der Waals surface area contributed by atoms with Gasteiger partial charge in [0.25, 0.3) is 0 Å². The molecule has 0 fully saturated rings. The maximum absolute atomic E-state index is 11.2. The molecule has 5 aromatic rings. The van der Waals surface area contributed by atoms with E-state index in [2.05, 4.69) is 67.3 Å². The van der Waals surface area contributed by atoms with Crippen molar-refractivity contribution in [3.05, 3.63) is 93.0 Å². The molecule has 8 heteroatoms. The highest BCUT2D eigenvalue weighted by molar-refractivity contribution is 9.10. The Morgan fingerprint density at radius 1 is 1.06 bits per heavy atom. The summed E-state index contributed by atoms with van der Waals surface area (Å²) in [5.41, 5.74) is 3.84. The first-order valence-electron chi connectivity index (χ1n) is 10.4. The van der Waals surface area contributed by atoms with Crippen LogP contribution in [0.15, 0.2) is 75.8 Å². The molecule has 0 radical (unpaired) electrons. The molecule has 3 aromatic heterocycles. The van der Waals surface area contributed by atoms with Crippen LogP contribution in [-0.4, -0.2) is 31.1 Å². The Bertz CT molecular complexity index is 1410. The SMILES string of the molecule is Oc1c([C@@H](c2cccc(Br)c2)N2CCc3ccccc3C2)sc2nc(-c3ccco3)nn12. The van der Waals surface area contributed by atoms with E-state index in [1.165, 1.54) is 27.0 Å². The van der Waals surface area contributed by atoms with Gasteiger partial charge in [-0.05, 0) is 47.4 Å². The number of halogens is 1. The topological polar surface area (TPSA) is 66.8 Å². The van der Waals surface area contributed by atoms with Crippen LogP contribution >= 0.6 is 27.3 Å². The third-order valence-corrected chi connectivity index (χ3v) is 7.45. The number of hydrogen-bond acceptors (Lipinski definition) is 6. The highest BCUT2D eigenvalue weighted by Gasteiger charge is 2.32. The van der Waals surface area contributed by atoms with Crippen molar-refractivity contribution in [1.29, 1.82) is 0 Å². The van der Waals surface area contributed by atoms with Crippen molar-refractivity contribution >= 4 is 32.2 Å². The number of rotatable bonds is 4. The van der Waals surface area contributed by atoms with Gasteiger partial charge in [-0.3, -0.25) is 4.90 Å². The Kier molecular flexibility index (Phi) is 4.86. The molecule has 0 aliphatic carbocycles. The van der Waals surface area contributed by atoms with Gasteiger partial charge in [-0.25, -0.2) is 0 Å². The quantitative estimate of drug-likeness (QED) is 0.340. The average Bonchev–Trinajstić information content (AvgIpc) is 3.53. The molecule has 1 N–H and O–H groups in total. The molecular formula is C24H19BrN4O2S. The van der Waals surface area contributed by atoms with Crippen molar-refractivity contribution in [1.82, 2.24) is 19.5 Å². The zero-order valence-electron chi connectivity index (χ0n) is 17.0. The van der Waals surface area contributed by atoms with Crippen molar-refractivity contribution < 1.29 is 9.52 Å². The molecular weight excluding hydrogens is 488 g/mol. The summed E-state index contributed by atoms with van der Waals surface area (Å²) in [5.74, 6) is 1.17.